The molecule has 1 unspecified atom stereocenters. The Morgan fingerprint density at radius 3 is 2.12 bits per heavy atom. The summed E-state index contributed by atoms with van der Waals surface area (Å²) in [6, 6.07) is 17.6. The molecule has 0 aliphatic heterocycles. The first-order valence-corrected chi connectivity index (χ1v) is 12.0. The summed E-state index contributed by atoms with van der Waals surface area (Å²) in [6.07, 6.45) is 0. The SMILES string of the molecule is Cc1cccc(C)c1N(C(=O)CNC(=O)c1cccs1)C(C(=O)NC(C)(C)C)c1ccccc1. The molecule has 3 amide bonds. The van der Waals surface area contributed by atoms with E-state index in [1.165, 1.54) is 16.2 Å². The van der Waals surface area contributed by atoms with Crippen LogP contribution < -0.4 is 15.5 Å². The molecule has 0 aliphatic rings. The second-order valence-corrected chi connectivity index (χ2v) is 10.2. The first-order valence-electron chi connectivity index (χ1n) is 11.2. The number of anilines is 1. The van der Waals surface area contributed by atoms with Crippen LogP contribution in [0.5, 0.6) is 0 Å². The van der Waals surface area contributed by atoms with Gasteiger partial charge in [-0.3, -0.25) is 19.3 Å². The maximum absolute atomic E-state index is 13.7. The third-order valence-electron chi connectivity index (χ3n) is 5.21. The van der Waals surface area contributed by atoms with E-state index < -0.39 is 11.6 Å². The van der Waals surface area contributed by atoms with Gasteiger partial charge in [0.1, 0.15) is 6.04 Å². The predicted molar refractivity (Wildman–Crippen MR) is 137 cm³/mol. The molecule has 2 aromatic carbocycles. The molecule has 34 heavy (non-hydrogen) atoms. The van der Waals surface area contributed by atoms with Gasteiger partial charge in [-0.05, 0) is 62.8 Å². The molecule has 178 valence electrons. The highest BCUT2D eigenvalue weighted by Crippen LogP contribution is 2.33. The fraction of sp³-hybridized carbons (Fsp3) is 0.296. The minimum Gasteiger partial charge on any atom is -0.349 e. The van der Waals surface area contributed by atoms with Gasteiger partial charge in [0.25, 0.3) is 5.91 Å². The predicted octanol–water partition coefficient (Wildman–Crippen LogP) is 4.78. The van der Waals surface area contributed by atoms with Crippen molar-refractivity contribution in [1.29, 1.82) is 0 Å². The standard InChI is InChI=1S/C27H31N3O3S/c1-18-11-9-12-19(2)23(18)30(22(31)17-28-25(32)21-15-10-16-34-21)24(20-13-7-6-8-14-20)26(33)29-27(3,4)5/h6-16,24H,17H2,1-5H3,(H,28,32)(H,29,33). The van der Waals surface area contributed by atoms with E-state index in [1.54, 1.807) is 12.1 Å². The van der Waals surface area contributed by atoms with Crippen molar-refractivity contribution < 1.29 is 14.4 Å². The molecule has 1 aromatic heterocycles. The van der Waals surface area contributed by atoms with Gasteiger partial charge in [-0.2, -0.15) is 0 Å². The highest BCUT2D eigenvalue weighted by Gasteiger charge is 2.35. The lowest BCUT2D eigenvalue weighted by Crippen LogP contribution is -2.51. The van der Waals surface area contributed by atoms with E-state index in [9.17, 15) is 14.4 Å². The van der Waals surface area contributed by atoms with Crippen LogP contribution >= 0.6 is 11.3 Å². The molecular formula is C27H31N3O3S. The van der Waals surface area contributed by atoms with Crippen molar-refractivity contribution >= 4 is 34.7 Å². The number of benzene rings is 2. The Hall–Kier alpha value is -3.45. The Bertz CT molecular complexity index is 1130. The van der Waals surface area contributed by atoms with E-state index in [1.807, 2.05) is 88.5 Å². The van der Waals surface area contributed by atoms with Gasteiger partial charge in [-0.1, -0.05) is 54.6 Å². The van der Waals surface area contributed by atoms with E-state index in [4.69, 9.17) is 0 Å². The molecule has 1 atom stereocenters. The van der Waals surface area contributed by atoms with Gasteiger partial charge in [0.05, 0.1) is 17.1 Å². The highest BCUT2D eigenvalue weighted by molar-refractivity contribution is 7.12. The number of nitrogens with zero attached hydrogens (tertiary/aromatic N) is 1. The van der Waals surface area contributed by atoms with Gasteiger partial charge in [-0.15, -0.1) is 11.3 Å². The lowest BCUT2D eigenvalue weighted by atomic mass is 9.98. The number of carbonyl (C=O) groups excluding carboxylic acids is 3. The summed E-state index contributed by atoms with van der Waals surface area (Å²) in [6.45, 7) is 9.29. The van der Waals surface area contributed by atoms with Gasteiger partial charge in [0.15, 0.2) is 0 Å². The van der Waals surface area contributed by atoms with Crippen LogP contribution in [0.4, 0.5) is 5.69 Å². The molecule has 7 heteroatoms. The molecule has 0 saturated carbocycles. The van der Waals surface area contributed by atoms with Gasteiger partial charge < -0.3 is 10.6 Å². The summed E-state index contributed by atoms with van der Waals surface area (Å²) in [7, 11) is 0. The molecule has 0 saturated heterocycles. The summed E-state index contributed by atoms with van der Waals surface area (Å²) in [5, 5.41) is 7.55. The zero-order valence-electron chi connectivity index (χ0n) is 20.2. The van der Waals surface area contributed by atoms with Crippen LogP contribution in [0.25, 0.3) is 0 Å². The number of rotatable bonds is 7. The van der Waals surface area contributed by atoms with Crippen LogP contribution in [-0.2, 0) is 9.59 Å². The number of para-hydroxylation sites is 1. The van der Waals surface area contributed by atoms with Gasteiger partial charge in [-0.25, -0.2) is 0 Å². The van der Waals surface area contributed by atoms with Crippen molar-refractivity contribution in [3.63, 3.8) is 0 Å². The van der Waals surface area contributed by atoms with Crippen LogP contribution in [-0.4, -0.2) is 29.8 Å². The molecule has 0 bridgehead atoms. The van der Waals surface area contributed by atoms with Crippen LogP contribution in [0, 0.1) is 13.8 Å². The number of carbonyl (C=O) groups is 3. The van der Waals surface area contributed by atoms with E-state index in [2.05, 4.69) is 10.6 Å². The normalized spacial score (nSPS) is 12.0. The van der Waals surface area contributed by atoms with Crippen LogP contribution in [0.2, 0.25) is 0 Å². The molecule has 0 spiro atoms. The molecule has 3 rings (SSSR count). The Balaban J connectivity index is 2.06. The summed E-state index contributed by atoms with van der Waals surface area (Å²) < 4.78 is 0. The van der Waals surface area contributed by atoms with E-state index in [-0.39, 0.29) is 24.3 Å². The van der Waals surface area contributed by atoms with E-state index in [0.717, 1.165) is 11.1 Å². The fourth-order valence-electron chi connectivity index (χ4n) is 3.81. The second-order valence-electron chi connectivity index (χ2n) is 9.22. The Morgan fingerprint density at radius 1 is 0.912 bits per heavy atom. The summed E-state index contributed by atoms with van der Waals surface area (Å²) in [5.41, 5.74) is 2.58. The minimum absolute atomic E-state index is 0.239. The van der Waals surface area contributed by atoms with Crippen LogP contribution in [0.15, 0.2) is 66.0 Å². The molecule has 0 aliphatic carbocycles. The molecule has 3 aromatic rings. The smallest absolute Gasteiger partial charge is 0.261 e. The first-order chi connectivity index (χ1) is 16.1. The Morgan fingerprint density at radius 2 is 1.56 bits per heavy atom. The van der Waals surface area contributed by atoms with Gasteiger partial charge in [0, 0.05) is 5.54 Å². The Kier molecular flexibility index (Phi) is 7.89. The average molecular weight is 478 g/mol. The van der Waals surface area contributed by atoms with Crippen LogP contribution in [0.1, 0.15) is 53.2 Å². The molecule has 2 N–H and O–H groups in total. The van der Waals surface area contributed by atoms with Crippen molar-refractivity contribution in [2.24, 2.45) is 0 Å². The minimum atomic E-state index is -0.911. The largest absolute Gasteiger partial charge is 0.349 e. The van der Waals surface area contributed by atoms with Crippen molar-refractivity contribution in [2.45, 2.75) is 46.2 Å². The zero-order valence-corrected chi connectivity index (χ0v) is 21.0. The maximum Gasteiger partial charge on any atom is 0.261 e. The highest BCUT2D eigenvalue weighted by atomic mass is 32.1. The lowest BCUT2D eigenvalue weighted by Gasteiger charge is -2.35. The van der Waals surface area contributed by atoms with Crippen molar-refractivity contribution in [1.82, 2.24) is 10.6 Å². The molecule has 6 nitrogen and oxygen atoms in total. The topological polar surface area (TPSA) is 78.5 Å². The van der Waals surface area contributed by atoms with E-state index >= 15 is 0 Å². The first kappa shape index (κ1) is 25.2. The van der Waals surface area contributed by atoms with Gasteiger partial charge >= 0.3 is 0 Å². The summed E-state index contributed by atoms with van der Waals surface area (Å²) >= 11 is 1.31. The number of hydrogen-bond donors (Lipinski definition) is 2. The molecule has 0 radical (unpaired) electrons. The molecule has 0 fully saturated rings. The number of thiophene rings is 1. The van der Waals surface area contributed by atoms with Crippen molar-refractivity contribution in [3.8, 4) is 0 Å². The van der Waals surface area contributed by atoms with Gasteiger partial charge in [0.2, 0.25) is 11.8 Å². The number of hydrogen-bond acceptors (Lipinski definition) is 4. The van der Waals surface area contributed by atoms with Crippen molar-refractivity contribution in [3.05, 3.63) is 87.6 Å². The average Bonchev–Trinajstić information content (AvgIpc) is 3.31. The lowest BCUT2D eigenvalue weighted by molar-refractivity contribution is -0.127. The number of aryl methyl sites for hydroxylation is 2. The third kappa shape index (κ3) is 6.11. The third-order valence-corrected chi connectivity index (χ3v) is 6.08. The Labute approximate surface area is 205 Å². The summed E-state index contributed by atoms with van der Waals surface area (Å²) in [4.78, 5) is 41.9. The zero-order chi connectivity index (χ0) is 24.9. The van der Waals surface area contributed by atoms with Crippen molar-refractivity contribution in [2.75, 3.05) is 11.4 Å². The molecular weight excluding hydrogens is 446 g/mol. The molecule has 1 heterocycles. The number of amides is 3. The number of nitrogens with one attached hydrogen (secondary N) is 2. The van der Waals surface area contributed by atoms with Crippen LogP contribution in [0.3, 0.4) is 0 Å². The monoisotopic (exact) mass is 477 g/mol. The fourth-order valence-corrected chi connectivity index (χ4v) is 4.45. The second kappa shape index (κ2) is 10.7. The maximum atomic E-state index is 13.7. The van der Waals surface area contributed by atoms with E-state index in [0.29, 0.717) is 16.1 Å². The quantitative estimate of drug-likeness (QED) is 0.514. The summed E-state index contributed by atoms with van der Waals surface area (Å²) in [5.74, 6) is -0.986.